The SMILES string of the molecule is CC(C)(c1ccsc1)c1nnc(C2CC2)n1CC1CC1. The molecule has 0 aromatic carbocycles. The van der Waals surface area contributed by atoms with Gasteiger partial charge in [0.2, 0.25) is 0 Å². The molecular weight excluding hydrogens is 266 g/mol. The molecule has 2 fully saturated rings. The normalized spacial score (nSPS) is 19.5. The minimum Gasteiger partial charge on any atom is -0.314 e. The van der Waals surface area contributed by atoms with Gasteiger partial charge in [0.15, 0.2) is 0 Å². The molecule has 20 heavy (non-hydrogen) atoms. The number of hydrogen-bond donors (Lipinski definition) is 0. The molecule has 4 rings (SSSR count). The third-order valence-corrected chi connectivity index (χ3v) is 5.34. The van der Waals surface area contributed by atoms with Gasteiger partial charge in [-0.15, -0.1) is 10.2 Å². The minimum atomic E-state index is -0.0466. The molecule has 2 aromatic rings. The van der Waals surface area contributed by atoms with Crippen LogP contribution in [0.3, 0.4) is 0 Å². The first-order valence-electron chi connectivity index (χ1n) is 7.62. The van der Waals surface area contributed by atoms with Crippen LogP contribution in [0.2, 0.25) is 0 Å². The number of rotatable bonds is 5. The highest BCUT2D eigenvalue weighted by molar-refractivity contribution is 7.08. The van der Waals surface area contributed by atoms with Crippen LogP contribution in [0, 0.1) is 5.92 Å². The molecule has 2 heterocycles. The maximum atomic E-state index is 4.60. The van der Waals surface area contributed by atoms with Gasteiger partial charge in [-0.1, -0.05) is 0 Å². The van der Waals surface area contributed by atoms with E-state index in [0.717, 1.165) is 18.3 Å². The molecule has 4 heteroatoms. The molecule has 106 valence electrons. The summed E-state index contributed by atoms with van der Waals surface area (Å²) in [5, 5.41) is 13.6. The van der Waals surface area contributed by atoms with Crippen molar-refractivity contribution in [1.82, 2.24) is 14.8 Å². The molecule has 3 nitrogen and oxygen atoms in total. The van der Waals surface area contributed by atoms with Crippen molar-refractivity contribution < 1.29 is 0 Å². The van der Waals surface area contributed by atoms with E-state index in [1.165, 1.54) is 37.1 Å². The van der Waals surface area contributed by atoms with Crippen LogP contribution in [0.15, 0.2) is 16.8 Å². The van der Waals surface area contributed by atoms with Crippen molar-refractivity contribution in [2.24, 2.45) is 5.92 Å². The lowest BCUT2D eigenvalue weighted by molar-refractivity contribution is 0.501. The van der Waals surface area contributed by atoms with Crippen molar-refractivity contribution in [3.8, 4) is 0 Å². The van der Waals surface area contributed by atoms with Crippen LogP contribution in [-0.2, 0) is 12.0 Å². The summed E-state index contributed by atoms with van der Waals surface area (Å²) in [6.45, 7) is 5.68. The minimum absolute atomic E-state index is 0.0466. The van der Waals surface area contributed by atoms with Gasteiger partial charge in [0.1, 0.15) is 11.6 Å². The van der Waals surface area contributed by atoms with Crippen molar-refractivity contribution in [1.29, 1.82) is 0 Å². The lowest BCUT2D eigenvalue weighted by atomic mass is 9.85. The van der Waals surface area contributed by atoms with Crippen molar-refractivity contribution in [3.05, 3.63) is 34.0 Å². The maximum absolute atomic E-state index is 4.60. The van der Waals surface area contributed by atoms with Crippen LogP contribution in [0.1, 0.15) is 62.7 Å². The topological polar surface area (TPSA) is 30.7 Å². The second kappa shape index (κ2) is 4.42. The Hall–Kier alpha value is -1.16. The smallest absolute Gasteiger partial charge is 0.143 e. The van der Waals surface area contributed by atoms with E-state index < -0.39 is 0 Å². The Labute approximate surface area is 124 Å². The van der Waals surface area contributed by atoms with E-state index in [9.17, 15) is 0 Å². The molecule has 2 aromatic heterocycles. The van der Waals surface area contributed by atoms with E-state index in [-0.39, 0.29) is 5.41 Å². The van der Waals surface area contributed by atoms with Gasteiger partial charge in [-0.05, 0) is 67.8 Å². The van der Waals surface area contributed by atoms with Gasteiger partial charge in [0.25, 0.3) is 0 Å². The molecule has 0 aliphatic heterocycles. The average Bonchev–Trinajstić information content (AvgIpc) is 3.32. The zero-order valence-corrected chi connectivity index (χ0v) is 13.0. The van der Waals surface area contributed by atoms with Gasteiger partial charge < -0.3 is 4.57 Å². The maximum Gasteiger partial charge on any atom is 0.143 e. The van der Waals surface area contributed by atoms with Gasteiger partial charge in [-0.3, -0.25) is 0 Å². The van der Waals surface area contributed by atoms with Crippen molar-refractivity contribution >= 4 is 11.3 Å². The predicted octanol–water partition coefficient (Wildman–Crippen LogP) is 3.95. The lowest BCUT2D eigenvalue weighted by Gasteiger charge is -2.24. The number of hydrogen-bond acceptors (Lipinski definition) is 3. The largest absolute Gasteiger partial charge is 0.314 e. The van der Waals surface area contributed by atoms with Gasteiger partial charge in [-0.25, -0.2) is 0 Å². The Kier molecular flexibility index (Phi) is 2.78. The first kappa shape index (κ1) is 12.6. The Morgan fingerprint density at radius 3 is 2.65 bits per heavy atom. The van der Waals surface area contributed by atoms with E-state index in [1.54, 1.807) is 11.3 Å². The summed E-state index contributed by atoms with van der Waals surface area (Å²) in [5.41, 5.74) is 1.31. The highest BCUT2D eigenvalue weighted by Gasteiger charge is 2.37. The molecule has 2 saturated carbocycles. The quantitative estimate of drug-likeness (QED) is 0.833. The van der Waals surface area contributed by atoms with Crippen molar-refractivity contribution in [2.75, 3.05) is 0 Å². The Morgan fingerprint density at radius 1 is 1.25 bits per heavy atom. The summed E-state index contributed by atoms with van der Waals surface area (Å²) in [4.78, 5) is 0. The first-order chi connectivity index (χ1) is 9.66. The summed E-state index contributed by atoms with van der Waals surface area (Å²) in [5.74, 6) is 3.94. The second-order valence-corrected chi connectivity index (χ2v) is 7.63. The Balaban J connectivity index is 1.76. The van der Waals surface area contributed by atoms with Gasteiger partial charge >= 0.3 is 0 Å². The van der Waals surface area contributed by atoms with Crippen molar-refractivity contribution in [2.45, 2.75) is 57.4 Å². The van der Waals surface area contributed by atoms with Crippen LogP contribution >= 0.6 is 11.3 Å². The van der Waals surface area contributed by atoms with E-state index in [0.29, 0.717) is 5.92 Å². The van der Waals surface area contributed by atoms with Crippen LogP contribution in [0.5, 0.6) is 0 Å². The monoisotopic (exact) mass is 287 g/mol. The molecule has 0 atom stereocenters. The van der Waals surface area contributed by atoms with E-state index in [1.807, 2.05) is 0 Å². The molecule has 2 aliphatic rings. The van der Waals surface area contributed by atoms with Crippen LogP contribution in [0.4, 0.5) is 0 Å². The fraction of sp³-hybridized carbons (Fsp3) is 0.625. The molecule has 0 spiro atoms. The third-order valence-electron chi connectivity index (χ3n) is 4.66. The number of aromatic nitrogens is 3. The Bertz CT molecular complexity index is 604. The molecular formula is C16H21N3S. The molecule has 0 saturated heterocycles. The van der Waals surface area contributed by atoms with E-state index >= 15 is 0 Å². The van der Waals surface area contributed by atoms with Gasteiger partial charge in [0, 0.05) is 12.5 Å². The predicted molar refractivity (Wildman–Crippen MR) is 81.2 cm³/mol. The van der Waals surface area contributed by atoms with E-state index in [4.69, 9.17) is 0 Å². The fourth-order valence-electron chi connectivity index (χ4n) is 2.91. The standard InChI is InChI=1S/C16H21N3S/c1-16(2,13-7-8-20-10-13)15-18-17-14(12-5-6-12)19(15)9-11-3-4-11/h7-8,10-12H,3-6,9H2,1-2H3. The average molecular weight is 287 g/mol. The van der Waals surface area contributed by atoms with Crippen LogP contribution in [-0.4, -0.2) is 14.8 Å². The molecule has 0 N–H and O–H groups in total. The number of nitrogens with zero attached hydrogens (tertiary/aromatic N) is 3. The van der Waals surface area contributed by atoms with Crippen LogP contribution < -0.4 is 0 Å². The fourth-order valence-corrected chi connectivity index (χ4v) is 3.73. The lowest BCUT2D eigenvalue weighted by Crippen LogP contribution is -2.25. The van der Waals surface area contributed by atoms with Crippen LogP contribution in [0.25, 0.3) is 0 Å². The van der Waals surface area contributed by atoms with Gasteiger partial charge in [0.05, 0.1) is 5.41 Å². The highest BCUT2D eigenvalue weighted by atomic mass is 32.1. The molecule has 2 aliphatic carbocycles. The highest BCUT2D eigenvalue weighted by Crippen LogP contribution is 2.43. The van der Waals surface area contributed by atoms with E-state index in [2.05, 4.69) is 45.4 Å². The summed E-state index contributed by atoms with van der Waals surface area (Å²) in [6.07, 6.45) is 5.34. The molecule has 0 amide bonds. The summed E-state index contributed by atoms with van der Waals surface area (Å²) in [6, 6.07) is 2.22. The molecule has 0 radical (unpaired) electrons. The zero-order valence-electron chi connectivity index (χ0n) is 12.2. The zero-order chi connectivity index (χ0) is 13.7. The summed E-state index contributed by atoms with van der Waals surface area (Å²) in [7, 11) is 0. The second-order valence-electron chi connectivity index (χ2n) is 6.85. The first-order valence-corrected chi connectivity index (χ1v) is 8.57. The Morgan fingerprint density at radius 2 is 2.05 bits per heavy atom. The third kappa shape index (κ3) is 2.10. The number of thiophene rings is 1. The molecule has 0 unspecified atom stereocenters. The summed E-state index contributed by atoms with van der Waals surface area (Å²) < 4.78 is 2.45. The molecule has 0 bridgehead atoms. The van der Waals surface area contributed by atoms with Crippen molar-refractivity contribution in [3.63, 3.8) is 0 Å². The summed E-state index contributed by atoms with van der Waals surface area (Å²) >= 11 is 1.76. The van der Waals surface area contributed by atoms with Gasteiger partial charge in [-0.2, -0.15) is 11.3 Å².